The summed E-state index contributed by atoms with van der Waals surface area (Å²) in [5, 5.41) is 11.6. The van der Waals surface area contributed by atoms with Gasteiger partial charge < -0.3 is 37.8 Å². The number of nitrogens with two attached hydrogens (primary N) is 3. The Balaban J connectivity index is 1.60. The average molecular weight is 468 g/mol. The number of aromatic nitrogens is 3. The van der Waals surface area contributed by atoms with Gasteiger partial charge in [0.25, 0.3) is 5.91 Å². The number of carbonyl (C=O) groups is 1. The predicted molar refractivity (Wildman–Crippen MR) is 139 cm³/mol. The Morgan fingerprint density at radius 1 is 1.14 bits per heavy atom. The number of anilines is 3. The van der Waals surface area contributed by atoms with Gasteiger partial charge in [-0.2, -0.15) is 0 Å². The van der Waals surface area contributed by atoms with Gasteiger partial charge in [-0.15, -0.1) is 0 Å². The highest BCUT2D eigenvalue weighted by Gasteiger charge is 2.17. The number of nitrogen functional groups attached to an aromatic ring is 1. The Morgan fingerprint density at radius 2 is 1.97 bits per heavy atom. The second kappa shape index (κ2) is 9.79. The molecule has 1 amide bonds. The summed E-state index contributed by atoms with van der Waals surface area (Å²) in [6.45, 7) is 0. The second-order valence-electron chi connectivity index (χ2n) is 7.68. The number of hydrogen-bond acceptors (Lipinski definition) is 8. The molecule has 0 radical (unpaired) electrons. The van der Waals surface area contributed by atoms with Gasteiger partial charge in [-0.3, -0.25) is 4.79 Å². The molecule has 35 heavy (non-hydrogen) atoms. The maximum absolute atomic E-state index is 12.9. The standard InChI is InChI=1S/C25H25N9O/c1-34(19(14-28)6-8-26)25(35)22-11-15-2-3-16(12-21(15)32-22)24-30-9-7-23(33-24)31-18-4-5-20(29)17(10-18)13-27/h2-14,27,32H,26,28-29H2,1H3,(H,30,31,33)/b8-6-,19-14+,27-13?. The number of H-pyrrole nitrogens is 1. The SMILES string of the molecule is CN(C(=O)c1cc2ccc(-c3nccc(Nc4ccc(N)c(C=N)c4)n3)cc2[nH]1)C(/C=C\N)=C/N. The zero-order valence-corrected chi connectivity index (χ0v) is 19.0. The maximum Gasteiger partial charge on any atom is 0.274 e. The topological polar surface area (TPSA) is 176 Å². The lowest BCUT2D eigenvalue weighted by molar-refractivity contribution is 0.0835. The molecule has 4 aromatic rings. The number of benzene rings is 2. The molecule has 9 N–H and O–H groups in total. The molecular weight excluding hydrogens is 442 g/mol. The summed E-state index contributed by atoms with van der Waals surface area (Å²) in [5.41, 5.74) is 21.2. The smallest absolute Gasteiger partial charge is 0.274 e. The third-order valence-corrected chi connectivity index (χ3v) is 5.41. The van der Waals surface area contributed by atoms with E-state index in [1.165, 1.54) is 23.5 Å². The van der Waals surface area contributed by atoms with E-state index in [0.29, 0.717) is 34.3 Å². The molecule has 10 nitrogen and oxygen atoms in total. The van der Waals surface area contributed by atoms with E-state index in [0.717, 1.165) is 22.2 Å². The first-order valence-electron chi connectivity index (χ1n) is 10.6. The number of amides is 1. The van der Waals surface area contributed by atoms with Crippen molar-refractivity contribution in [3.05, 3.63) is 90.2 Å². The van der Waals surface area contributed by atoms with E-state index in [1.807, 2.05) is 24.3 Å². The van der Waals surface area contributed by atoms with Crippen LogP contribution in [0.1, 0.15) is 16.1 Å². The number of nitrogens with one attached hydrogen (secondary N) is 3. The summed E-state index contributed by atoms with van der Waals surface area (Å²) >= 11 is 0. The van der Waals surface area contributed by atoms with E-state index >= 15 is 0 Å². The summed E-state index contributed by atoms with van der Waals surface area (Å²) in [6.07, 6.45) is 7.05. The molecule has 0 unspecified atom stereocenters. The Kier molecular flexibility index (Phi) is 6.45. The fourth-order valence-corrected chi connectivity index (χ4v) is 3.55. The fourth-order valence-electron chi connectivity index (χ4n) is 3.55. The highest BCUT2D eigenvalue weighted by Crippen LogP contribution is 2.25. The third-order valence-electron chi connectivity index (χ3n) is 5.41. The molecule has 0 spiro atoms. The molecule has 4 rings (SSSR count). The van der Waals surface area contributed by atoms with Gasteiger partial charge >= 0.3 is 0 Å². The molecule has 0 aliphatic rings. The van der Waals surface area contributed by atoms with Crippen molar-refractivity contribution in [2.24, 2.45) is 11.5 Å². The van der Waals surface area contributed by atoms with Crippen LogP contribution in [0.2, 0.25) is 0 Å². The molecule has 0 bridgehead atoms. The van der Waals surface area contributed by atoms with Crippen molar-refractivity contribution in [1.82, 2.24) is 19.9 Å². The van der Waals surface area contributed by atoms with Crippen molar-refractivity contribution < 1.29 is 4.79 Å². The van der Waals surface area contributed by atoms with Gasteiger partial charge in [-0.05, 0) is 48.7 Å². The zero-order chi connectivity index (χ0) is 24.9. The van der Waals surface area contributed by atoms with E-state index in [2.05, 4.69) is 20.3 Å². The van der Waals surface area contributed by atoms with Crippen LogP contribution in [0.4, 0.5) is 17.2 Å². The number of nitrogens with zero attached hydrogens (tertiary/aromatic N) is 3. The fraction of sp³-hybridized carbons (Fsp3) is 0.0400. The molecule has 0 aliphatic heterocycles. The Bertz CT molecular complexity index is 1470. The largest absolute Gasteiger partial charge is 0.405 e. The Hall–Kier alpha value is -5.12. The number of fused-ring (bicyclic) bond motifs is 1. The van der Waals surface area contributed by atoms with E-state index in [4.69, 9.17) is 22.6 Å². The predicted octanol–water partition coefficient (Wildman–Crippen LogP) is 3.29. The van der Waals surface area contributed by atoms with Crippen LogP contribution in [-0.4, -0.2) is 39.0 Å². The van der Waals surface area contributed by atoms with Gasteiger partial charge in [0.2, 0.25) is 0 Å². The van der Waals surface area contributed by atoms with Gasteiger partial charge in [0.1, 0.15) is 11.5 Å². The first-order chi connectivity index (χ1) is 16.9. The number of hydrogen-bond donors (Lipinski definition) is 6. The normalized spacial score (nSPS) is 11.6. The Labute approximate surface area is 201 Å². The van der Waals surface area contributed by atoms with Crippen molar-refractivity contribution in [1.29, 1.82) is 5.41 Å². The lowest BCUT2D eigenvalue weighted by Crippen LogP contribution is -2.26. The lowest BCUT2D eigenvalue weighted by atomic mass is 10.1. The quantitative estimate of drug-likeness (QED) is 0.137. The molecule has 0 aliphatic carbocycles. The van der Waals surface area contributed by atoms with E-state index in [1.54, 1.807) is 43.6 Å². The number of rotatable bonds is 7. The molecule has 2 aromatic carbocycles. The van der Waals surface area contributed by atoms with E-state index in [9.17, 15) is 4.79 Å². The average Bonchev–Trinajstić information content (AvgIpc) is 3.31. The van der Waals surface area contributed by atoms with Crippen molar-refractivity contribution in [3.63, 3.8) is 0 Å². The Morgan fingerprint density at radius 3 is 2.71 bits per heavy atom. The molecule has 0 fully saturated rings. The molecule has 0 atom stereocenters. The summed E-state index contributed by atoms with van der Waals surface area (Å²) in [6, 6.07) is 14.5. The first kappa shape index (κ1) is 23.1. The molecule has 2 heterocycles. The van der Waals surface area contributed by atoms with Crippen LogP contribution < -0.4 is 22.5 Å². The number of carbonyl (C=O) groups excluding carboxylic acids is 1. The monoisotopic (exact) mass is 467 g/mol. The molecule has 0 saturated heterocycles. The number of aromatic amines is 1. The van der Waals surface area contributed by atoms with Gasteiger partial charge in [-0.25, -0.2) is 9.97 Å². The minimum Gasteiger partial charge on any atom is -0.405 e. The van der Waals surface area contributed by atoms with Crippen molar-refractivity contribution in [3.8, 4) is 11.4 Å². The van der Waals surface area contributed by atoms with Crippen LogP contribution >= 0.6 is 0 Å². The van der Waals surface area contributed by atoms with E-state index in [-0.39, 0.29) is 5.91 Å². The van der Waals surface area contributed by atoms with Crippen molar-refractivity contribution in [2.75, 3.05) is 18.1 Å². The molecule has 10 heteroatoms. The third kappa shape index (κ3) is 4.81. The molecule has 0 saturated carbocycles. The summed E-state index contributed by atoms with van der Waals surface area (Å²) in [5.74, 6) is 0.849. The number of allylic oxidation sites excluding steroid dienone is 1. The summed E-state index contributed by atoms with van der Waals surface area (Å²) < 4.78 is 0. The summed E-state index contributed by atoms with van der Waals surface area (Å²) in [4.78, 5) is 26.5. The van der Waals surface area contributed by atoms with E-state index < -0.39 is 0 Å². The maximum atomic E-state index is 12.9. The van der Waals surface area contributed by atoms with Crippen LogP contribution in [0.5, 0.6) is 0 Å². The highest BCUT2D eigenvalue weighted by atomic mass is 16.2. The van der Waals surface area contributed by atoms with Crippen LogP contribution in [0.15, 0.2) is 78.9 Å². The first-order valence-corrected chi connectivity index (χ1v) is 10.6. The van der Waals surface area contributed by atoms with Crippen LogP contribution in [0.3, 0.4) is 0 Å². The van der Waals surface area contributed by atoms with Crippen LogP contribution in [0, 0.1) is 5.41 Å². The number of likely N-dealkylation sites (N-methyl/N-ethyl adjacent to an activating group) is 1. The lowest BCUT2D eigenvalue weighted by Gasteiger charge is -2.16. The van der Waals surface area contributed by atoms with Gasteiger partial charge in [0, 0.05) is 59.1 Å². The minimum absolute atomic E-state index is 0.257. The molecule has 176 valence electrons. The van der Waals surface area contributed by atoms with Gasteiger partial charge in [-0.1, -0.05) is 12.1 Å². The minimum atomic E-state index is -0.257. The van der Waals surface area contributed by atoms with Gasteiger partial charge in [0.15, 0.2) is 5.82 Å². The van der Waals surface area contributed by atoms with Crippen LogP contribution in [0.25, 0.3) is 22.3 Å². The van der Waals surface area contributed by atoms with Crippen molar-refractivity contribution >= 4 is 40.2 Å². The van der Waals surface area contributed by atoms with Crippen molar-refractivity contribution in [2.45, 2.75) is 0 Å². The highest BCUT2D eigenvalue weighted by molar-refractivity contribution is 5.99. The summed E-state index contributed by atoms with van der Waals surface area (Å²) in [7, 11) is 1.62. The van der Waals surface area contributed by atoms with Crippen LogP contribution in [-0.2, 0) is 0 Å². The molecular formula is C25H25N9O. The van der Waals surface area contributed by atoms with Gasteiger partial charge in [0.05, 0.1) is 5.70 Å². The zero-order valence-electron chi connectivity index (χ0n) is 19.0. The molecule has 2 aromatic heterocycles. The second-order valence-corrected chi connectivity index (χ2v) is 7.68.